The van der Waals surface area contributed by atoms with E-state index < -0.39 is 0 Å². The lowest BCUT2D eigenvalue weighted by molar-refractivity contribution is 0.0998. The van der Waals surface area contributed by atoms with Gasteiger partial charge in [0.2, 0.25) is 0 Å². The molecule has 4 rings (SSSR count). The minimum atomic E-state index is -0.315. The lowest BCUT2D eigenvalue weighted by Crippen LogP contribution is -2.33. The molecule has 29 heavy (non-hydrogen) atoms. The highest BCUT2D eigenvalue weighted by Crippen LogP contribution is 2.36. The van der Waals surface area contributed by atoms with Gasteiger partial charge < -0.3 is 20.0 Å². The molecule has 0 amide bonds. The number of nitrogen functional groups attached to an aromatic ring is 1. The van der Waals surface area contributed by atoms with Crippen LogP contribution < -0.4 is 5.73 Å². The molecule has 1 aliphatic rings. The fourth-order valence-corrected chi connectivity index (χ4v) is 4.30. The maximum absolute atomic E-state index is 12.6. The van der Waals surface area contributed by atoms with Crippen molar-refractivity contribution in [2.75, 3.05) is 25.4 Å². The second kappa shape index (κ2) is 8.78. The molecule has 0 bridgehead atoms. The third-order valence-corrected chi connectivity index (χ3v) is 5.89. The molecule has 0 atom stereocenters. The second-order valence-electron chi connectivity index (χ2n) is 7.89. The molecular weight excluding hydrogens is 366 g/mol. The average Bonchev–Trinajstić information content (AvgIpc) is 3.38. The molecule has 7 heteroatoms. The first-order valence-electron chi connectivity index (χ1n) is 10.6. The number of nitrogens with zero attached hydrogens (tertiary/aromatic N) is 3. The zero-order chi connectivity index (χ0) is 20.2. The van der Waals surface area contributed by atoms with E-state index in [1.165, 1.54) is 44.7 Å². The number of rotatable bonds is 8. The molecule has 1 saturated heterocycles. The Morgan fingerprint density at radius 2 is 2.10 bits per heavy atom. The van der Waals surface area contributed by atoms with Crippen molar-refractivity contribution < 1.29 is 9.21 Å². The minimum absolute atomic E-state index is 0.0540. The zero-order valence-corrected chi connectivity index (χ0v) is 17.0. The maximum Gasteiger partial charge on any atom is 0.269 e. The number of fused-ring (bicyclic) bond motifs is 1. The van der Waals surface area contributed by atoms with Crippen molar-refractivity contribution in [2.24, 2.45) is 0 Å². The van der Waals surface area contributed by atoms with Gasteiger partial charge in [-0.15, -0.1) is 0 Å². The Morgan fingerprint density at radius 1 is 1.28 bits per heavy atom. The van der Waals surface area contributed by atoms with E-state index in [1.807, 2.05) is 6.07 Å². The van der Waals surface area contributed by atoms with Gasteiger partial charge in [-0.05, 0) is 56.9 Å². The summed E-state index contributed by atoms with van der Waals surface area (Å²) in [6.07, 6.45) is 10.2. The Bertz CT molecular complexity index is 955. The number of anilines is 1. The normalized spacial score (nSPS) is 15.9. The molecule has 4 heterocycles. The number of carbonyl (C=O) groups excluding carboxylic acids is 1. The number of aromatic nitrogens is 3. The van der Waals surface area contributed by atoms with Crippen LogP contribution in [0.1, 0.15) is 73.3 Å². The van der Waals surface area contributed by atoms with Gasteiger partial charge in [0.25, 0.3) is 11.7 Å². The molecule has 3 N–H and O–H groups in total. The number of oxazole rings is 1. The number of ketones is 1. The first-order valence-corrected chi connectivity index (χ1v) is 10.6. The monoisotopic (exact) mass is 395 g/mol. The van der Waals surface area contributed by atoms with E-state index in [9.17, 15) is 4.79 Å². The summed E-state index contributed by atoms with van der Waals surface area (Å²) in [6.45, 7) is 5.59. The van der Waals surface area contributed by atoms with Gasteiger partial charge in [-0.1, -0.05) is 26.2 Å². The van der Waals surface area contributed by atoms with E-state index in [0.717, 1.165) is 42.5 Å². The molecule has 154 valence electrons. The quantitative estimate of drug-likeness (QED) is 0.439. The van der Waals surface area contributed by atoms with Gasteiger partial charge in [0.1, 0.15) is 17.8 Å². The summed E-state index contributed by atoms with van der Waals surface area (Å²) in [4.78, 5) is 26.9. The van der Waals surface area contributed by atoms with Crippen molar-refractivity contribution >= 4 is 22.6 Å². The van der Waals surface area contributed by atoms with Crippen LogP contribution in [0.4, 0.5) is 5.82 Å². The summed E-state index contributed by atoms with van der Waals surface area (Å²) in [6, 6.07) is 3.55. The van der Waals surface area contributed by atoms with Gasteiger partial charge in [-0.3, -0.25) is 4.79 Å². The first-order chi connectivity index (χ1) is 14.2. The van der Waals surface area contributed by atoms with Crippen LogP contribution >= 0.6 is 0 Å². The van der Waals surface area contributed by atoms with Crippen molar-refractivity contribution in [1.82, 2.24) is 19.9 Å². The number of pyridine rings is 1. The van der Waals surface area contributed by atoms with E-state index in [2.05, 4.69) is 26.8 Å². The molecule has 3 aromatic heterocycles. The van der Waals surface area contributed by atoms with E-state index >= 15 is 0 Å². The van der Waals surface area contributed by atoms with Crippen LogP contribution in [0.25, 0.3) is 11.0 Å². The number of hydrogen-bond acceptors (Lipinski definition) is 6. The number of H-pyrrole nitrogens is 1. The number of hydrogen-bond donors (Lipinski definition) is 2. The molecule has 0 aliphatic carbocycles. The van der Waals surface area contributed by atoms with E-state index in [4.69, 9.17) is 10.2 Å². The van der Waals surface area contributed by atoms with Crippen LogP contribution in [-0.2, 0) is 0 Å². The molecule has 0 aromatic carbocycles. The third-order valence-electron chi connectivity index (χ3n) is 5.89. The van der Waals surface area contributed by atoms with Crippen LogP contribution in [0, 0.1) is 0 Å². The standard InChI is InChI=1S/C22H29N5O2/c1-2-3-4-5-11-27-12-8-15(9-13-27)18-19-16(26-21(18)23)6-7-17(25-19)20(28)22-24-10-14-29-22/h6-7,10,14-15,26H,2-5,8-9,11-13,23H2,1H3. The molecule has 1 aliphatic heterocycles. The van der Waals surface area contributed by atoms with Crippen molar-refractivity contribution in [3.8, 4) is 0 Å². The van der Waals surface area contributed by atoms with Crippen molar-refractivity contribution in [1.29, 1.82) is 0 Å². The van der Waals surface area contributed by atoms with Gasteiger partial charge in [0.05, 0.1) is 17.2 Å². The molecule has 3 aromatic rings. The maximum atomic E-state index is 12.6. The van der Waals surface area contributed by atoms with Crippen molar-refractivity contribution in [3.63, 3.8) is 0 Å². The number of nitrogens with one attached hydrogen (secondary N) is 1. The third kappa shape index (κ3) is 4.19. The lowest BCUT2D eigenvalue weighted by atomic mass is 9.89. The minimum Gasteiger partial charge on any atom is -0.442 e. The number of likely N-dealkylation sites (tertiary alicyclic amines) is 1. The molecule has 1 fully saturated rings. The predicted molar refractivity (Wildman–Crippen MR) is 113 cm³/mol. The molecule has 0 radical (unpaired) electrons. The SMILES string of the molecule is CCCCCCN1CCC(c2c(N)[nH]c3ccc(C(=O)c4ncco4)nc23)CC1. The van der Waals surface area contributed by atoms with Crippen LogP contribution in [-0.4, -0.2) is 45.3 Å². The van der Waals surface area contributed by atoms with Crippen LogP contribution in [0.5, 0.6) is 0 Å². The highest BCUT2D eigenvalue weighted by molar-refractivity contribution is 6.05. The van der Waals surface area contributed by atoms with Gasteiger partial charge >= 0.3 is 0 Å². The fourth-order valence-electron chi connectivity index (χ4n) is 4.30. The van der Waals surface area contributed by atoms with Crippen LogP contribution in [0.3, 0.4) is 0 Å². The van der Waals surface area contributed by atoms with Crippen LogP contribution in [0.2, 0.25) is 0 Å². The Kier molecular flexibility index (Phi) is 5.94. The number of unbranched alkanes of at least 4 members (excludes halogenated alkanes) is 3. The predicted octanol–water partition coefficient (Wildman–Crippen LogP) is 4.12. The summed E-state index contributed by atoms with van der Waals surface area (Å²) in [5.41, 5.74) is 9.36. The number of aromatic amines is 1. The lowest BCUT2D eigenvalue weighted by Gasteiger charge is -2.32. The first kappa shape index (κ1) is 19.6. The van der Waals surface area contributed by atoms with Gasteiger partial charge in [-0.25, -0.2) is 9.97 Å². The summed E-state index contributed by atoms with van der Waals surface area (Å²) < 4.78 is 5.13. The Labute approximate surface area is 170 Å². The van der Waals surface area contributed by atoms with Gasteiger partial charge in [0, 0.05) is 5.56 Å². The Balaban J connectivity index is 1.50. The van der Waals surface area contributed by atoms with Gasteiger partial charge in [-0.2, -0.15) is 0 Å². The molecular formula is C22H29N5O2. The Morgan fingerprint density at radius 3 is 2.83 bits per heavy atom. The fraction of sp³-hybridized carbons (Fsp3) is 0.500. The largest absolute Gasteiger partial charge is 0.442 e. The van der Waals surface area contributed by atoms with E-state index in [-0.39, 0.29) is 11.7 Å². The molecule has 0 spiro atoms. The highest BCUT2D eigenvalue weighted by atomic mass is 16.3. The van der Waals surface area contributed by atoms with Crippen molar-refractivity contribution in [3.05, 3.63) is 41.7 Å². The van der Waals surface area contributed by atoms with Crippen molar-refractivity contribution in [2.45, 2.75) is 51.4 Å². The summed E-state index contributed by atoms with van der Waals surface area (Å²) in [7, 11) is 0. The van der Waals surface area contributed by atoms with E-state index in [1.54, 1.807) is 6.07 Å². The topological polar surface area (TPSA) is 101 Å². The smallest absolute Gasteiger partial charge is 0.269 e. The average molecular weight is 396 g/mol. The Hall–Kier alpha value is -2.67. The zero-order valence-electron chi connectivity index (χ0n) is 17.0. The van der Waals surface area contributed by atoms with Gasteiger partial charge in [0.15, 0.2) is 0 Å². The summed E-state index contributed by atoms with van der Waals surface area (Å²) >= 11 is 0. The number of nitrogens with two attached hydrogens (primary N) is 1. The number of piperidine rings is 1. The van der Waals surface area contributed by atoms with Crippen LogP contribution in [0.15, 0.2) is 29.0 Å². The summed E-state index contributed by atoms with van der Waals surface area (Å²) in [5.74, 6) is 0.757. The second-order valence-corrected chi connectivity index (χ2v) is 7.89. The number of carbonyl (C=O) groups is 1. The molecule has 7 nitrogen and oxygen atoms in total. The molecule has 0 saturated carbocycles. The molecule has 0 unspecified atom stereocenters. The van der Waals surface area contributed by atoms with E-state index in [0.29, 0.717) is 17.4 Å². The highest BCUT2D eigenvalue weighted by Gasteiger charge is 2.26. The summed E-state index contributed by atoms with van der Waals surface area (Å²) in [5, 5.41) is 0.